The van der Waals surface area contributed by atoms with Crippen molar-refractivity contribution in [1.29, 1.82) is 0 Å². The summed E-state index contributed by atoms with van der Waals surface area (Å²) < 4.78 is 11.1. The van der Waals surface area contributed by atoms with Crippen LogP contribution in [0, 0.1) is 5.92 Å². The van der Waals surface area contributed by atoms with Crippen LogP contribution < -0.4 is 10.1 Å². The van der Waals surface area contributed by atoms with E-state index in [9.17, 15) is 9.59 Å². The molecular weight excluding hydrogens is 358 g/mol. The second kappa shape index (κ2) is 10.7. The van der Waals surface area contributed by atoms with E-state index in [0.717, 1.165) is 0 Å². The van der Waals surface area contributed by atoms with E-state index < -0.39 is 0 Å². The van der Waals surface area contributed by atoms with Crippen molar-refractivity contribution in [3.8, 4) is 5.75 Å². The van der Waals surface area contributed by atoms with Crippen molar-refractivity contribution in [3.05, 3.63) is 42.5 Å². The molecule has 1 heterocycles. The number of benzene rings is 1. The van der Waals surface area contributed by atoms with Crippen molar-refractivity contribution in [2.24, 2.45) is 5.92 Å². The monoisotopic (exact) mass is 389 g/mol. The normalized spacial score (nSPS) is 16.6. The number of nitrogens with zero attached hydrogens (tertiary/aromatic N) is 2. The average Bonchev–Trinajstić information content (AvgIpc) is 2.70. The highest BCUT2D eigenvalue weighted by molar-refractivity contribution is 5.94. The Morgan fingerprint density at radius 1 is 1.46 bits per heavy atom. The Morgan fingerprint density at radius 3 is 2.93 bits per heavy atom. The molecule has 0 radical (unpaired) electrons. The molecule has 1 saturated heterocycles. The minimum atomic E-state index is -0.225. The summed E-state index contributed by atoms with van der Waals surface area (Å²) in [5.41, 5.74) is 0.580. The number of methoxy groups -OCH3 is 1. The molecular formula is C21H31N3O4. The number of hydrogen-bond acceptors (Lipinski definition) is 4. The van der Waals surface area contributed by atoms with Gasteiger partial charge in [0.15, 0.2) is 0 Å². The fourth-order valence-corrected chi connectivity index (χ4v) is 3.15. The van der Waals surface area contributed by atoms with Gasteiger partial charge in [0.2, 0.25) is 0 Å². The van der Waals surface area contributed by atoms with Gasteiger partial charge in [-0.2, -0.15) is 0 Å². The smallest absolute Gasteiger partial charge is 0.317 e. The number of amides is 3. The van der Waals surface area contributed by atoms with Gasteiger partial charge < -0.3 is 24.6 Å². The Balaban J connectivity index is 2.07. The molecule has 28 heavy (non-hydrogen) atoms. The molecule has 0 aliphatic carbocycles. The Kier molecular flexibility index (Phi) is 8.32. The summed E-state index contributed by atoms with van der Waals surface area (Å²) in [6.45, 7) is 10.7. The Bertz CT molecular complexity index is 677. The second-order valence-electron chi connectivity index (χ2n) is 7.25. The van der Waals surface area contributed by atoms with Crippen molar-refractivity contribution < 1.29 is 19.1 Å². The molecule has 1 fully saturated rings. The van der Waals surface area contributed by atoms with Gasteiger partial charge in [0, 0.05) is 31.7 Å². The Hall–Kier alpha value is -2.54. The van der Waals surface area contributed by atoms with Crippen LogP contribution in [0.1, 0.15) is 24.2 Å². The van der Waals surface area contributed by atoms with Crippen LogP contribution in [-0.4, -0.2) is 74.3 Å². The molecule has 7 nitrogen and oxygen atoms in total. The number of morpholine rings is 1. The number of rotatable bonds is 8. The molecule has 0 aromatic heterocycles. The first kappa shape index (κ1) is 21.8. The number of carbonyl (C=O) groups is 2. The molecule has 3 amide bonds. The highest BCUT2D eigenvalue weighted by atomic mass is 16.5. The van der Waals surface area contributed by atoms with Crippen molar-refractivity contribution in [2.75, 3.05) is 46.4 Å². The summed E-state index contributed by atoms with van der Waals surface area (Å²) >= 11 is 0. The van der Waals surface area contributed by atoms with Crippen LogP contribution in [0.25, 0.3) is 0 Å². The predicted molar refractivity (Wildman–Crippen MR) is 109 cm³/mol. The summed E-state index contributed by atoms with van der Waals surface area (Å²) in [5.74, 6) is 0.893. The molecule has 1 N–H and O–H groups in total. The van der Waals surface area contributed by atoms with Gasteiger partial charge in [-0.05, 0) is 24.1 Å². The molecule has 1 aliphatic rings. The summed E-state index contributed by atoms with van der Waals surface area (Å²) in [6.07, 6.45) is 1.42. The van der Waals surface area contributed by atoms with Crippen molar-refractivity contribution in [1.82, 2.24) is 15.1 Å². The quantitative estimate of drug-likeness (QED) is 0.693. The summed E-state index contributed by atoms with van der Waals surface area (Å²) in [5, 5.41) is 2.79. The maximum atomic E-state index is 13.1. The third kappa shape index (κ3) is 6.27. The maximum Gasteiger partial charge on any atom is 0.317 e. The van der Waals surface area contributed by atoms with E-state index in [2.05, 4.69) is 25.7 Å². The molecule has 154 valence electrons. The fourth-order valence-electron chi connectivity index (χ4n) is 3.15. The molecule has 2 rings (SSSR count). The molecule has 1 aliphatic heterocycles. The van der Waals surface area contributed by atoms with Crippen LogP contribution in [-0.2, 0) is 4.74 Å². The van der Waals surface area contributed by atoms with Gasteiger partial charge in [0.1, 0.15) is 5.75 Å². The molecule has 1 aromatic carbocycles. The van der Waals surface area contributed by atoms with Crippen molar-refractivity contribution >= 4 is 11.9 Å². The minimum Gasteiger partial charge on any atom is -0.497 e. The van der Waals surface area contributed by atoms with Crippen molar-refractivity contribution in [3.63, 3.8) is 0 Å². The zero-order valence-electron chi connectivity index (χ0n) is 17.0. The average molecular weight is 389 g/mol. The number of urea groups is 1. The SMILES string of the molecule is C=CCNC(=O)N1CCO[C@H](CN(CC(C)C)C(=O)c2cccc(OC)c2)C1. The Morgan fingerprint density at radius 2 is 2.25 bits per heavy atom. The Labute approximate surface area is 167 Å². The van der Waals surface area contributed by atoms with Crippen LogP contribution in [0.5, 0.6) is 5.75 Å². The largest absolute Gasteiger partial charge is 0.497 e. The lowest BCUT2D eigenvalue weighted by molar-refractivity contribution is -0.0286. The number of ether oxygens (including phenoxy) is 2. The van der Waals surface area contributed by atoms with Crippen molar-refractivity contribution in [2.45, 2.75) is 20.0 Å². The first-order valence-corrected chi connectivity index (χ1v) is 9.63. The number of hydrogen-bond donors (Lipinski definition) is 1. The number of carbonyl (C=O) groups excluding carboxylic acids is 2. The molecule has 0 unspecified atom stereocenters. The first-order chi connectivity index (χ1) is 13.4. The molecule has 7 heteroatoms. The van der Waals surface area contributed by atoms with Crippen LogP contribution in [0.4, 0.5) is 4.79 Å². The van der Waals surface area contributed by atoms with E-state index in [1.165, 1.54) is 0 Å². The van der Waals surface area contributed by atoms with Gasteiger partial charge >= 0.3 is 6.03 Å². The highest BCUT2D eigenvalue weighted by Crippen LogP contribution is 2.17. The maximum absolute atomic E-state index is 13.1. The van der Waals surface area contributed by atoms with Crippen LogP contribution in [0.3, 0.4) is 0 Å². The van der Waals surface area contributed by atoms with Crippen LogP contribution >= 0.6 is 0 Å². The molecule has 1 aromatic rings. The van der Waals surface area contributed by atoms with E-state index in [1.807, 2.05) is 12.1 Å². The van der Waals surface area contributed by atoms with E-state index in [0.29, 0.717) is 56.6 Å². The zero-order chi connectivity index (χ0) is 20.5. The molecule has 0 saturated carbocycles. The predicted octanol–water partition coefficient (Wildman–Crippen LogP) is 2.39. The van der Waals surface area contributed by atoms with Gasteiger partial charge in [-0.25, -0.2) is 4.79 Å². The van der Waals surface area contributed by atoms with E-state index >= 15 is 0 Å². The van der Waals surface area contributed by atoms with Gasteiger partial charge in [0.25, 0.3) is 5.91 Å². The second-order valence-corrected chi connectivity index (χ2v) is 7.25. The third-order valence-corrected chi connectivity index (χ3v) is 4.44. The lowest BCUT2D eigenvalue weighted by Crippen LogP contribution is -2.53. The van der Waals surface area contributed by atoms with Gasteiger partial charge in [-0.15, -0.1) is 6.58 Å². The molecule has 1 atom stereocenters. The minimum absolute atomic E-state index is 0.0653. The zero-order valence-corrected chi connectivity index (χ0v) is 17.0. The molecule has 0 bridgehead atoms. The van der Waals surface area contributed by atoms with E-state index in [1.54, 1.807) is 35.1 Å². The third-order valence-electron chi connectivity index (χ3n) is 4.44. The summed E-state index contributed by atoms with van der Waals surface area (Å²) in [4.78, 5) is 28.8. The van der Waals surface area contributed by atoms with Crippen LogP contribution in [0.2, 0.25) is 0 Å². The summed E-state index contributed by atoms with van der Waals surface area (Å²) in [7, 11) is 1.58. The number of nitrogens with one attached hydrogen (secondary N) is 1. The first-order valence-electron chi connectivity index (χ1n) is 9.63. The lowest BCUT2D eigenvalue weighted by Gasteiger charge is -2.36. The molecule has 0 spiro atoms. The van der Waals surface area contributed by atoms with Crippen LogP contribution in [0.15, 0.2) is 36.9 Å². The van der Waals surface area contributed by atoms with E-state index in [4.69, 9.17) is 9.47 Å². The lowest BCUT2D eigenvalue weighted by atomic mass is 10.1. The standard InChI is InChI=1S/C21H31N3O4/c1-5-9-22-21(26)23-10-11-28-19(14-23)15-24(13-16(2)3)20(25)17-7-6-8-18(12-17)27-4/h5-8,12,16,19H,1,9-11,13-15H2,2-4H3,(H,22,26)/t19-/m0/s1. The van der Waals surface area contributed by atoms with Gasteiger partial charge in [-0.3, -0.25) is 4.79 Å². The van der Waals surface area contributed by atoms with Gasteiger partial charge in [-0.1, -0.05) is 26.0 Å². The summed E-state index contributed by atoms with van der Waals surface area (Å²) in [6, 6.07) is 7.01. The topological polar surface area (TPSA) is 71.1 Å². The van der Waals surface area contributed by atoms with E-state index in [-0.39, 0.29) is 18.0 Å². The highest BCUT2D eigenvalue weighted by Gasteiger charge is 2.28. The fraction of sp³-hybridized carbons (Fsp3) is 0.524. The van der Waals surface area contributed by atoms with Gasteiger partial charge in [0.05, 0.1) is 26.4 Å².